The van der Waals surface area contributed by atoms with Crippen molar-refractivity contribution in [2.24, 2.45) is 17.6 Å². The van der Waals surface area contributed by atoms with Crippen LogP contribution in [-0.2, 0) is 0 Å². The number of halogens is 3. The molecule has 1 aromatic carbocycles. The van der Waals surface area contributed by atoms with Crippen molar-refractivity contribution in [3.05, 3.63) is 35.1 Å². The maximum atomic E-state index is 13.5. The van der Waals surface area contributed by atoms with E-state index in [-0.39, 0.29) is 11.5 Å². The minimum atomic E-state index is -1.43. The van der Waals surface area contributed by atoms with E-state index in [1.165, 1.54) is 6.07 Å². The molecule has 0 radical (unpaired) electrons. The predicted molar refractivity (Wildman–Crippen MR) is 55.1 cm³/mol. The Morgan fingerprint density at radius 1 is 1.19 bits per heavy atom. The highest BCUT2D eigenvalue weighted by molar-refractivity contribution is 5.24. The molecule has 88 valence electrons. The van der Waals surface area contributed by atoms with Gasteiger partial charge in [0.15, 0.2) is 17.5 Å². The molecule has 0 amide bonds. The molecule has 1 nitrogen and oxygen atoms in total. The van der Waals surface area contributed by atoms with Crippen LogP contribution in [0.25, 0.3) is 0 Å². The van der Waals surface area contributed by atoms with Crippen LogP contribution in [0, 0.1) is 29.3 Å². The van der Waals surface area contributed by atoms with E-state index in [0.29, 0.717) is 5.92 Å². The number of benzene rings is 1. The molecule has 0 aromatic heterocycles. The first kappa shape index (κ1) is 11.5. The van der Waals surface area contributed by atoms with Gasteiger partial charge in [-0.2, -0.15) is 0 Å². The Morgan fingerprint density at radius 2 is 1.81 bits per heavy atom. The fourth-order valence-electron chi connectivity index (χ4n) is 2.00. The summed E-state index contributed by atoms with van der Waals surface area (Å²) in [5.41, 5.74) is 5.94. The summed E-state index contributed by atoms with van der Waals surface area (Å²) in [5, 5.41) is 0. The molecule has 0 spiro atoms. The maximum absolute atomic E-state index is 13.5. The Bertz CT molecular complexity index is 401. The minimum absolute atomic E-state index is 0.0679. The second kappa shape index (κ2) is 4.09. The highest BCUT2D eigenvalue weighted by Gasteiger charge is 2.33. The first-order chi connectivity index (χ1) is 7.52. The first-order valence-electron chi connectivity index (χ1n) is 5.41. The highest BCUT2D eigenvalue weighted by Crippen LogP contribution is 2.42. The van der Waals surface area contributed by atoms with Crippen molar-refractivity contribution in [3.63, 3.8) is 0 Å². The second-order valence-corrected chi connectivity index (χ2v) is 4.49. The average molecular weight is 229 g/mol. The number of nitrogens with two attached hydrogens (primary N) is 1. The standard InChI is InChI=1S/C12H14F3N/c1-6(7-2-3-7)12(16)8-4-5-9(13)11(15)10(8)14/h4-7,12H,2-3,16H2,1H3. The summed E-state index contributed by atoms with van der Waals surface area (Å²) in [4.78, 5) is 0. The molecule has 0 heterocycles. The lowest BCUT2D eigenvalue weighted by molar-refractivity contribution is 0.385. The molecule has 1 saturated carbocycles. The smallest absolute Gasteiger partial charge is 0.194 e. The fourth-order valence-corrected chi connectivity index (χ4v) is 2.00. The Hall–Kier alpha value is -1.03. The second-order valence-electron chi connectivity index (χ2n) is 4.49. The van der Waals surface area contributed by atoms with Crippen LogP contribution in [-0.4, -0.2) is 0 Å². The third-order valence-electron chi connectivity index (χ3n) is 3.36. The molecule has 0 saturated heterocycles. The summed E-state index contributed by atoms with van der Waals surface area (Å²) < 4.78 is 39.2. The van der Waals surface area contributed by atoms with Crippen LogP contribution >= 0.6 is 0 Å². The van der Waals surface area contributed by atoms with E-state index in [1.54, 1.807) is 0 Å². The molecule has 2 N–H and O–H groups in total. The fraction of sp³-hybridized carbons (Fsp3) is 0.500. The zero-order valence-corrected chi connectivity index (χ0v) is 9.01. The van der Waals surface area contributed by atoms with E-state index in [0.717, 1.165) is 18.9 Å². The third kappa shape index (κ3) is 1.94. The van der Waals surface area contributed by atoms with Gasteiger partial charge in [-0.25, -0.2) is 13.2 Å². The quantitative estimate of drug-likeness (QED) is 0.791. The lowest BCUT2D eigenvalue weighted by Gasteiger charge is -2.20. The van der Waals surface area contributed by atoms with Crippen molar-refractivity contribution < 1.29 is 13.2 Å². The molecule has 2 rings (SSSR count). The molecule has 2 unspecified atom stereocenters. The monoisotopic (exact) mass is 229 g/mol. The average Bonchev–Trinajstić information content (AvgIpc) is 3.08. The van der Waals surface area contributed by atoms with Crippen LogP contribution in [0.3, 0.4) is 0 Å². The van der Waals surface area contributed by atoms with Crippen molar-refractivity contribution in [1.82, 2.24) is 0 Å². The van der Waals surface area contributed by atoms with Gasteiger partial charge in [-0.05, 0) is 30.7 Å². The van der Waals surface area contributed by atoms with E-state index < -0.39 is 23.5 Å². The summed E-state index contributed by atoms with van der Waals surface area (Å²) in [5.74, 6) is -3.18. The van der Waals surface area contributed by atoms with E-state index in [2.05, 4.69) is 0 Å². The van der Waals surface area contributed by atoms with Crippen molar-refractivity contribution in [3.8, 4) is 0 Å². The van der Waals surface area contributed by atoms with Gasteiger partial charge in [-0.15, -0.1) is 0 Å². The molecule has 0 aliphatic heterocycles. The van der Waals surface area contributed by atoms with Gasteiger partial charge in [0.2, 0.25) is 0 Å². The Kier molecular flexibility index (Phi) is 2.93. The van der Waals surface area contributed by atoms with Gasteiger partial charge >= 0.3 is 0 Å². The summed E-state index contributed by atoms with van der Waals surface area (Å²) in [6.45, 7) is 1.92. The largest absolute Gasteiger partial charge is 0.324 e. The van der Waals surface area contributed by atoms with Crippen LogP contribution in [0.1, 0.15) is 31.4 Å². The number of hydrogen-bond acceptors (Lipinski definition) is 1. The van der Waals surface area contributed by atoms with Gasteiger partial charge in [0, 0.05) is 11.6 Å². The molecular formula is C12H14F3N. The van der Waals surface area contributed by atoms with Gasteiger partial charge in [0.05, 0.1) is 0 Å². The van der Waals surface area contributed by atoms with Crippen molar-refractivity contribution in [2.75, 3.05) is 0 Å². The van der Waals surface area contributed by atoms with Crippen molar-refractivity contribution in [1.29, 1.82) is 0 Å². The normalized spacial score (nSPS) is 19.6. The Balaban J connectivity index is 2.29. The van der Waals surface area contributed by atoms with Crippen molar-refractivity contribution >= 4 is 0 Å². The third-order valence-corrected chi connectivity index (χ3v) is 3.36. The zero-order valence-electron chi connectivity index (χ0n) is 9.01. The number of rotatable bonds is 3. The predicted octanol–water partition coefficient (Wildman–Crippen LogP) is 3.15. The van der Waals surface area contributed by atoms with E-state index >= 15 is 0 Å². The van der Waals surface area contributed by atoms with Crippen molar-refractivity contribution in [2.45, 2.75) is 25.8 Å². The lowest BCUT2D eigenvalue weighted by Crippen LogP contribution is -2.22. The Labute approximate surface area is 92.5 Å². The molecule has 1 fully saturated rings. The molecule has 2 atom stereocenters. The lowest BCUT2D eigenvalue weighted by atomic mass is 9.91. The van der Waals surface area contributed by atoms with E-state index in [1.807, 2.05) is 6.92 Å². The van der Waals surface area contributed by atoms with Crippen LogP contribution in [0.15, 0.2) is 12.1 Å². The topological polar surface area (TPSA) is 26.0 Å². The van der Waals surface area contributed by atoms with Crippen LogP contribution in [0.2, 0.25) is 0 Å². The van der Waals surface area contributed by atoms with Crippen LogP contribution in [0.4, 0.5) is 13.2 Å². The van der Waals surface area contributed by atoms with Gasteiger partial charge in [0.1, 0.15) is 0 Å². The van der Waals surface area contributed by atoms with E-state index in [4.69, 9.17) is 5.73 Å². The molecular weight excluding hydrogens is 215 g/mol. The maximum Gasteiger partial charge on any atom is 0.194 e. The summed E-state index contributed by atoms with van der Waals surface area (Å²) in [6, 6.07) is 1.59. The van der Waals surface area contributed by atoms with Gasteiger partial charge in [0.25, 0.3) is 0 Å². The molecule has 1 aromatic rings. The number of hydrogen-bond donors (Lipinski definition) is 1. The summed E-state index contributed by atoms with van der Waals surface area (Å²) >= 11 is 0. The van der Waals surface area contributed by atoms with E-state index in [9.17, 15) is 13.2 Å². The van der Waals surface area contributed by atoms with Gasteiger partial charge in [-0.1, -0.05) is 13.0 Å². The minimum Gasteiger partial charge on any atom is -0.324 e. The molecule has 16 heavy (non-hydrogen) atoms. The summed E-state index contributed by atoms with van der Waals surface area (Å²) in [7, 11) is 0. The van der Waals surface area contributed by atoms with Crippen LogP contribution < -0.4 is 5.73 Å². The SMILES string of the molecule is CC(C1CC1)C(N)c1ccc(F)c(F)c1F. The highest BCUT2D eigenvalue weighted by atomic mass is 19.2. The Morgan fingerprint density at radius 3 is 2.38 bits per heavy atom. The summed E-state index contributed by atoms with van der Waals surface area (Å²) in [6.07, 6.45) is 2.17. The zero-order chi connectivity index (χ0) is 11.9. The first-order valence-corrected chi connectivity index (χ1v) is 5.41. The molecule has 0 bridgehead atoms. The molecule has 1 aliphatic carbocycles. The van der Waals surface area contributed by atoms with Gasteiger partial charge < -0.3 is 5.73 Å². The molecule has 4 heteroatoms. The molecule has 1 aliphatic rings. The van der Waals surface area contributed by atoms with Crippen LogP contribution in [0.5, 0.6) is 0 Å². The van der Waals surface area contributed by atoms with Gasteiger partial charge in [-0.3, -0.25) is 0 Å².